The number of carbonyl (C=O) groups is 1. The SMILES string of the molecule is COCO[C@]12CC[C@H]([C@H](C)COCc3ccc(OC)cc3)[C@@]1(C)CCCC2=O. The maximum atomic E-state index is 12.9. The molecule has 4 atom stereocenters. The minimum absolute atomic E-state index is 0.149. The molecule has 0 saturated heterocycles. The number of Topliss-reactive ketones (excluding diaryl/α,β-unsaturated/α-hetero) is 1. The van der Waals surface area contributed by atoms with Crippen molar-refractivity contribution in [1.82, 2.24) is 0 Å². The summed E-state index contributed by atoms with van der Waals surface area (Å²) in [6.07, 6.45) is 4.38. The quantitative estimate of drug-likeness (QED) is 0.586. The fraction of sp³-hybridized carbons (Fsp3) is 0.696. The Hall–Kier alpha value is -1.43. The molecule has 1 aromatic carbocycles. The van der Waals surface area contributed by atoms with Gasteiger partial charge in [0.05, 0.1) is 13.7 Å². The number of fused-ring (bicyclic) bond motifs is 1. The average molecular weight is 391 g/mol. The lowest BCUT2D eigenvalue weighted by Crippen LogP contribution is -2.56. The van der Waals surface area contributed by atoms with Crippen molar-refractivity contribution in [1.29, 1.82) is 0 Å². The number of benzene rings is 1. The van der Waals surface area contributed by atoms with Crippen LogP contribution in [0.3, 0.4) is 0 Å². The second kappa shape index (κ2) is 8.93. The number of carbonyl (C=O) groups excluding carboxylic acids is 1. The first-order chi connectivity index (χ1) is 13.5. The van der Waals surface area contributed by atoms with Crippen molar-refractivity contribution in [2.24, 2.45) is 17.3 Å². The lowest BCUT2D eigenvalue weighted by Gasteiger charge is -2.49. The molecular formula is C23H34O5. The number of hydrogen-bond donors (Lipinski definition) is 0. The fourth-order valence-corrected chi connectivity index (χ4v) is 5.52. The molecule has 0 unspecified atom stereocenters. The van der Waals surface area contributed by atoms with Crippen LogP contribution in [0.1, 0.15) is 51.5 Å². The molecule has 2 aliphatic carbocycles. The van der Waals surface area contributed by atoms with E-state index >= 15 is 0 Å². The van der Waals surface area contributed by atoms with Crippen molar-refractivity contribution in [3.63, 3.8) is 0 Å². The highest BCUT2D eigenvalue weighted by molar-refractivity contribution is 5.89. The van der Waals surface area contributed by atoms with Crippen molar-refractivity contribution in [2.75, 3.05) is 27.6 Å². The van der Waals surface area contributed by atoms with Gasteiger partial charge in [-0.05, 0) is 55.2 Å². The highest BCUT2D eigenvalue weighted by atomic mass is 16.7. The van der Waals surface area contributed by atoms with Crippen LogP contribution in [0.5, 0.6) is 5.75 Å². The summed E-state index contributed by atoms with van der Waals surface area (Å²) < 4.78 is 22.5. The van der Waals surface area contributed by atoms with E-state index < -0.39 is 5.60 Å². The monoisotopic (exact) mass is 390 g/mol. The van der Waals surface area contributed by atoms with Crippen LogP contribution < -0.4 is 4.74 Å². The summed E-state index contributed by atoms with van der Waals surface area (Å²) >= 11 is 0. The summed E-state index contributed by atoms with van der Waals surface area (Å²) in [6.45, 7) is 5.94. The largest absolute Gasteiger partial charge is 0.497 e. The molecule has 156 valence electrons. The molecule has 2 saturated carbocycles. The van der Waals surface area contributed by atoms with E-state index in [2.05, 4.69) is 13.8 Å². The maximum absolute atomic E-state index is 12.9. The van der Waals surface area contributed by atoms with Crippen molar-refractivity contribution in [3.05, 3.63) is 29.8 Å². The van der Waals surface area contributed by atoms with Gasteiger partial charge in [-0.15, -0.1) is 0 Å². The summed E-state index contributed by atoms with van der Waals surface area (Å²) in [5, 5.41) is 0. The van der Waals surface area contributed by atoms with Crippen LogP contribution in [0.4, 0.5) is 0 Å². The second-order valence-corrected chi connectivity index (χ2v) is 8.56. The van der Waals surface area contributed by atoms with Gasteiger partial charge < -0.3 is 18.9 Å². The topological polar surface area (TPSA) is 54.0 Å². The third-order valence-corrected chi connectivity index (χ3v) is 7.02. The Labute approximate surface area is 168 Å². The van der Waals surface area contributed by atoms with Gasteiger partial charge in [-0.25, -0.2) is 0 Å². The lowest BCUT2D eigenvalue weighted by molar-refractivity contribution is -0.199. The van der Waals surface area contributed by atoms with Crippen LogP contribution in [0.2, 0.25) is 0 Å². The zero-order valence-electron chi connectivity index (χ0n) is 17.7. The first kappa shape index (κ1) is 21.3. The molecule has 5 heteroatoms. The summed E-state index contributed by atoms with van der Waals surface area (Å²) in [5.74, 6) is 1.88. The van der Waals surface area contributed by atoms with E-state index in [0.29, 0.717) is 31.5 Å². The van der Waals surface area contributed by atoms with Crippen LogP contribution in [0.15, 0.2) is 24.3 Å². The first-order valence-corrected chi connectivity index (χ1v) is 10.3. The molecule has 5 nitrogen and oxygen atoms in total. The smallest absolute Gasteiger partial charge is 0.165 e. The standard InChI is InChI=1S/C23H34O5/c1-17(14-27-15-18-7-9-19(26-4)10-8-18)20-11-13-23(28-16-25-3)21(24)6-5-12-22(20,23)2/h7-10,17,20H,5-6,11-16H2,1-4H3/t17-,20-,22-,23+/m1/s1. The number of ketones is 1. The van der Waals surface area contributed by atoms with E-state index in [1.807, 2.05) is 24.3 Å². The van der Waals surface area contributed by atoms with Gasteiger partial charge in [-0.1, -0.05) is 26.0 Å². The highest BCUT2D eigenvalue weighted by Gasteiger charge is 2.64. The lowest BCUT2D eigenvalue weighted by atomic mass is 9.60. The molecule has 0 bridgehead atoms. The summed E-state index contributed by atoms with van der Waals surface area (Å²) in [7, 11) is 3.28. The van der Waals surface area contributed by atoms with Crippen LogP contribution in [0.25, 0.3) is 0 Å². The van der Waals surface area contributed by atoms with Crippen molar-refractivity contribution < 1.29 is 23.7 Å². The van der Waals surface area contributed by atoms with Gasteiger partial charge in [0.25, 0.3) is 0 Å². The Bertz CT molecular complexity index is 657. The number of ether oxygens (including phenoxy) is 4. The van der Waals surface area contributed by atoms with Gasteiger partial charge in [0.1, 0.15) is 18.1 Å². The Morgan fingerprint density at radius 3 is 2.61 bits per heavy atom. The number of methoxy groups -OCH3 is 2. The van der Waals surface area contributed by atoms with E-state index in [9.17, 15) is 4.79 Å². The predicted molar refractivity (Wildman–Crippen MR) is 107 cm³/mol. The van der Waals surface area contributed by atoms with Crippen molar-refractivity contribution in [2.45, 2.75) is 58.2 Å². The predicted octanol–water partition coefficient (Wildman–Crippen LogP) is 4.38. The van der Waals surface area contributed by atoms with Crippen molar-refractivity contribution in [3.8, 4) is 5.75 Å². The van der Waals surface area contributed by atoms with Crippen molar-refractivity contribution >= 4 is 5.78 Å². The van der Waals surface area contributed by atoms with Gasteiger partial charge in [0.15, 0.2) is 5.78 Å². The minimum Gasteiger partial charge on any atom is -0.497 e. The molecule has 0 radical (unpaired) electrons. The van der Waals surface area contributed by atoms with Gasteiger partial charge in [-0.2, -0.15) is 0 Å². The van der Waals surface area contributed by atoms with Gasteiger partial charge >= 0.3 is 0 Å². The normalized spacial score (nSPS) is 30.9. The van der Waals surface area contributed by atoms with Gasteiger partial charge in [0, 0.05) is 25.6 Å². The molecule has 3 rings (SSSR count). The Morgan fingerprint density at radius 1 is 1.18 bits per heavy atom. The third-order valence-electron chi connectivity index (χ3n) is 7.02. The van der Waals surface area contributed by atoms with E-state index in [-0.39, 0.29) is 18.0 Å². The molecule has 0 N–H and O–H groups in total. The summed E-state index contributed by atoms with van der Waals surface area (Å²) in [5.41, 5.74) is 0.302. The minimum atomic E-state index is -0.684. The van der Waals surface area contributed by atoms with Gasteiger partial charge in [-0.3, -0.25) is 4.79 Å². The second-order valence-electron chi connectivity index (χ2n) is 8.56. The molecular weight excluding hydrogens is 356 g/mol. The van der Waals surface area contributed by atoms with E-state index in [1.54, 1.807) is 14.2 Å². The Kier molecular flexibility index (Phi) is 6.79. The molecule has 0 heterocycles. The Balaban J connectivity index is 1.63. The molecule has 2 aliphatic rings. The summed E-state index contributed by atoms with van der Waals surface area (Å²) in [6, 6.07) is 7.97. The highest BCUT2D eigenvalue weighted by Crippen LogP contribution is 2.60. The number of rotatable bonds is 9. The number of hydrogen-bond acceptors (Lipinski definition) is 5. The van der Waals surface area contributed by atoms with Gasteiger partial charge in [0.2, 0.25) is 0 Å². The zero-order chi connectivity index (χ0) is 20.2. The third kappa shape index (κ3) is 3.85. The Morgan fingerprint density at radius 2 is 1.93 bits per heavy atom. The van der Waals surface area contributed by atoms with Crippen LogP contribution in [-0.2, 0) is 25.6 Å². The molecule has 0 aliphatic heterocycles. The zero-order valence-corrected chi connectivity index (χ0v) is 17.7. The van der Waals surface area contributed by atoms with E-state index in [4.69, 9.17) is 18.9 Å². The maximum Gasteiger partial charge on any atom is 0.165 e. The molecule has 0 spiro atoms. The van der Waals surface area contributed by atoms with Crippen LogP contribution in [0, 0.1) is 17.3 Å². The fourth-order valence-electron chi connectivity index (χ4n) is 5.52. The summed E-state index contributed by atoms with van der Waals surface area (Å²) in [4.78, 5) is 12.9. The first-order valence-electron chi connectivity index (χ1n) is 10.3. The molecule has 0 aromatic heterocycles. The van der Waals surface area contributed by atoms with E-state index in [0.717, 1.165) is 37.0 Å². The molecule has 1 aromatic rings. The molecule has 0 amide bonds. The molecule has 2 fully saturated rings. The van der Waals surface area contributed by atoms with Crippen LogP contribution in [-0.4, -0.2) is 39.0 Å². The average Bonchev–Trinajstić information content (AvgIpc) is 3.01. The molecule has 28 heavy (non-hydrogen) atoms. The van der Waals surface area contributed by atoms with Crippen LogP contribution >= 0.6 is 0 Å². The van der Waals surface area contributed by atoms with E-state index in [1.165, 1.54) is 0 Å².